The summed E-state index contributed by atoms with van der Waals surface area (Å²) in [6.07, 6.45) is 4.89. The predicted octanol–water partition coefficient (Wildman–Crippen LogP) is 2.05. The Bertz CT molecular complexity index is 1270. The second-order valence-electron chi connectivity index (χ2n) is 8.67. The van der Waals surface area contributed by atoms with E-state index in [1.54, 1.807) is 31.3 Å². The summed E-state index contributed by atoms with van der Waals surface area (Å²) < 4.78 is 0. The Labute approximate surface area is 215 Å². The maximum atomic E-state index is 12.1. The number of fused-ring (bicyclic) bond motifs is 1. The Morgan fingerprint density at radius 1 is 1.14 bits per heavy atom. The fourth-order valence-corrected chi connectivity index (χ4v) is 3.99. The number of carbonyl (C=O) groups excluding carboxylic acids is 2. The van der Waals surface area contributed by atoms with Crippen LogP contribution in [0, 0.1) is 11.3 Å². The summed E-state index contributed by atoms with van der Waals surface area (Å²) in [5.74, 6) is 0.0347. The van der Waals surface area contributed by atoms with Gasteiger partial charge in [-0.1, -0.05) is 12.1 Å². The molecule has 0 saturated heterocycles. The summed E-state index contributed by atoms with van der Waals surface area (Å²) in [6.45, 7) is 2.96. The van der Waals surface area contributed by atoms with Crippen LogP contribution in [0.25, 0.3) is 11.1 Å². The first-order valence-electron chi connectivity index (χ1n) is 11.8. The van der Waals surface area contributed by atoms with Gasteiger partial charge >= 0.3 is 0 Å². The van der Waals surface area contributed by atoms with Gasteiger partial charge in [0, 0.05) is 36.6 Å². The van der Waals surface area contributed by atoms with Crippen LogP contribution >= 0.6 is 0 Å². The number of nitrogens with zero attached hydrogens (tertiary/aromatic N) is 4. The van der Waals surface area contributed by atoms with Gasteiger partial charge in [-0.15, -0.1) is 0 Å². The van der Waals surface area contributed by atoms with Crippen LogP contribution < -0.4 is 16.0 Å². The molecule has 1 aromatic carbocycles. The summed E-state index contributed by atoms with van der Waals surface area (Å²) in [6, 6.07) is 14.1. The van der Waals surface area contributed by atoms with E-state index < -0.39 is 11.9 Å². The molecule has 0 saturated carbocycles. The van der Waals surface area contributed by atoms with Gasteiger partial charge in [0.2, 0.25) is 5.91 Å². The molecule has 1 atom stereocenters. The van der Waals surface area contributed by atoms with Crippen molar-refractivity contribution in [1.82, 2.24) is 15.3 Å². The van der Waals surface area contributed by atoms with E-state index in [9.17, 15) is 9.59 Å². The second kappa shape index (κ2) is 12.6. The Hall–Kier alpha value is -4.33. The lowest BCUT2D eigenvalue weighted by Crippen LogP contribution is -2.40. The van der Waals surface area contributed by atoms with E-state index in [0.29, 0.717) is 11.4 Å². The van der Waals surface area contributed by atoms with Crippen LogP contribution in [0.15, 0.2) is 54.9 Å². The standard InChI is InChI=1S/C21H25N3O4.C6H5N3/c1-13-3-4-16-9-15(6-8-20(16)24(13)14(2)27)17-5-7-19(22-10-17)21(28)23-18(11-25)12-26;7-3-5-1-2-6(8)9-4-5/h5-10,13,18,25-26H,3-4,11-12H2,1-2H3,(H,23,28);1-2,4H,(H2,8,9)/t13-;/m0./s1. The molecule has 2 aromatic heterocycles. The summed E-state index contributed by atoms with van der Waals surface area (Å²) in [5, 5.41) is 28.9. The number of hydrogen-bond acceptors (Lipinski definition) is 8. The number of aliphatic hydroxyl groups excluding tert-OH is 2. The molecule has 1 aliphatic rings. The van der Waals surface area contributed by atoms with Crippen molar-refractivity contribution >= 4 is 23.3 Å². The van der Waals surface area contributed by atoms with Crippen molar-refractivity contribution in [2.75, 3.05) is 23.8 Å². The maximum Gasteiger partial charge on any atom is 0.270 e. The van der Waals surface area contributed by atoms with Crippen LogP contribution in [0.1, 0.15) is 41.9 Å². The predicted molar refractivity (Wildman–Crippen MR) is 139 cm³/mol. The van der Waals surface area contributed by atoms with Crippen LogP contribution in [0.2, 0.25) is 0 Å². The molecule has 0 spiro atoms. The number of nitriles is 1. The average molecular weight is 503 g/mol. The van der Waals surface area contributed by atoms with Crippen molar-refractivity contribution in [3.63, 3.8) is 0 Å². The largest absolute Gasteiger partial charge is 0.394 e. The Balaban J connectivity index is 0.000000356. The molecule has 0 radical (unpaired) electrons. The molecule has 0 unspecified atom stereocenters. The van der Waals surface area contributed by atoms with Gasteiger partial charge in [0.15, 0.2) is 0 Å². The number of rotatable bonds is 5. The van der Waals surface area contributed by atoms with E-state index in [0.717, 1.165) is 35.2 Å². The smallest absolute Gasteiger partial charge is 0.270 e. The van der Waals surface area contributed by atoms with Gasteiger partial charge in [-0.05, 0) is 61.2 Å². The number of nitrogen functional groups attached to an aromatic ring is 1. The van der Waals surface area contributed by atoms with Crippen molar-refractivity contribution in [3.8, 4) is 17.2 Å². The van der Waals surface area contributed by atoms with Gasteiger partial charge in [-0.25, -0.2) is 4.98 Å². The third-order valence-electron chi connectivity index (χ3n) is 5.97. The number of aryl methyl sites for hydroxylation is 1. The summed E-state index contributed by atoms with van der Waals surface area (Å²) in [5.41, 5.74) is 9.93. The molecule has 37 heavy (non-hydrogen) atoms. The number of pyridine rings is 2. The van der Waals surface area contributed by atoms with E-state index >= 15 is 0 Å². The van der Waals surface area contributed by atoms with Crippen molar-refractivity contribution < 1.29 is 19.8 Å². The highest BCUT2D eigenvalue weighted by Gasteiger charge is 2.26. The van der Waals surface area contributed by atoms with Crippen LogP contribution in [0.4, 0.5) is 11.5 Å². The lowest BCUT2D eigenvalue weighted by atomic mass is 9.93. The van der Waals surface area contributed by atoms with Crippen molar-refractivity contribution in [3.05, 3.63) is 71.7 Å². The fraction of sp³-hybridized carbons (Fsp3) is 0.296. The minimum Gasteiger partial charge on any atom is -0.394 e. The van der Waals surface area contributed by atoms with Crippen molar-refractivity contribution in [2.24, 2.45) is 0 Å². The van der Waals surface area contributed by atoms with Crippen molar-refractivity contribution in [2.45, 2.75) is 38.8 Å². The molecular formula is C27H30N6O4. The molecular weight excluding hydrogens is 472 g/mol. The molecule has 3 aromatic rings. The number of aliphatic hydroxyl groups is 2. The molecule has 5 N–H and O–H groups in total. The first-order chi connectivity index (χ1) is 17.8. The molecule has 10 nitrogen and oxygen atoms in total. The van der Waals surface area contributed by atoms with Crippen molar-refractivity contribution in [1.29, 1.82) is 5.26 Å². The summed E-state index contributed by atoms with van der Waals surface area (Å²) in [7, 11) is 0. The third-order valence-corrected chi connectivity index (χ3v) is 5.97. The zero-order valence-corrected chi connectivity index (χ0v) is 20.8. The van der Waals surface area contributed by atoms with E-state index in [2.05, 4.69) is 28.3 Å². The lowest BCUT2D eigenvalue weighted by Gasteiger charge is -2.34. The molecule has 10 heteroatoms. The Kier molecular flexibility index (Phi) is 9.27. The molecule has 2 amide bonds. The van der Waals surface area contributed by atoms with E-state index in [-0.39, 0.29) is 30.9 Å². The topological polar surface area (TPSA) is 165 Å². The van der Waals surface area contributed by atoms with E-state index in [4.69, 9.17) is 21.2 Å². The SMILES string of the molecule is CC(=O)N1c2ccc(-c3ccc(C(=O)NC(CO)CO)nc3)cc2CC[C@@H]1C.N#Cc1ccc(N)nc1. The Morgan fingerprint density at radius 2 is 1.86 bits per heavy atom. The highest BCUT2D eigenvalue weighted by Crippen LogP contribution is 2.34. The zero-order valence-electron chi connectivity index (χ0n) is 20.8. The third kappa shape index (κ3) is 6.88. The highest BCUT2D eigenvalue weighted by molar-refractivity contribution is 5.94. The van der Waals surface area contributed by atoms with Crippen LogP contribution in [-0.4, -0.2) is 57.3 Å². The summed E-state index contributed by atoms with van der Waals surface area (Å²) >= 11 is 0. The van der Waals surface area contributed by atoms with Crippen LogP contribution in [0.5, 0.6) is 0 Å². The number of hydrogen-bond donors (Lipinski definition) is 4. The first kappa shape index (κ1) is 27.3. The van der Waals surface area contributed by atoms with Gasteiger partial charge in [0.25, 0.3) is 5.91 Å². The van der Waals surface area contributed by atoms with Gasteiger partial charge in [-0.3, -0.25) is 14.6 Å². The van der Waals surface area contributed by atoms with E-state index in [1.165, 1.54) is 6.20 Å². The number of anilines is 2. The van der Waals surface area contributed by atoms with Crippen LogP contribution in [-0.2, 0) is 11.2 Å². The number of benzene rings is 1. The number of amides is 2. The first-order valence-corrected chi connectivity index (χ1v) is 11.8. The number of aromatic nitrogens is 2. The van der Waals surface area contributed by atoms with Gasteiger partial charge in [0.1, 0.15) is 17.6 Å². The monoisotopic (exact) mass is 502 g/mol. The number of nitrogens with one attached hydrogen (secondary N) is 1. The quantitative estimate of drug-likeness (QED) is 0.411. The number of carbonyl (C=O) groups is 2. The normalized spacial score (nSPS) is 14.2. The van der Waals surface area contributed by atoms with Gasteiger partial charge in [-0.2, -0.15) is 5.26 Å². The number of nitrogens with two attached hydrogens (primary N) is 1. The fourth-order valence-electron chi connectivity index (χ4n) is 3.99. The molecule has 192 valence electrons. The average Bonchev–Trinajstić information content (AvgIpc) is 2.92. The summed E-state index contributed by atoms with van der Waals surface area (Å²) in [4.78, 5) is 33.9. The Morgan fingerprint density at radius 3 is 2.43 bits per heavy atom. The maximum absolute atomic E-state index is 12.1. The molecule has 3 heterocycles. The molecule has 0 bridgehead atoms. The molecule has 0 fully saturated rings. The molecule has 1 aliphatic heterocycles. The lowest BCUT2D eigenvalue weighted by molar-refractivity contribution is -0.117. The molecule has 0 aliphatic carbocycles. The second-order valence-corrected chi connectivity index (χ2v) is 8.67. The molecule has 4 rings (SSSR count). The van der Waals surface area contributed by atoms with Crippen LogP contribution in [0.3, 0.4) is 0 Å². The minimum atomic E-state index is -0.707. The van der Waals surface area contributed by atoms with Gasteiger partial charge < -0.3 is 26.2 Å². The minimum absolute atomic E-state index is 0.0438. The zero-order chi connectivity index (χ0) is 26.9. The van der Waals surface area contributed by atoms with Gasteiger partial charge in [0.05, 0.1) is 24.8 Å². The van der Waals surface area contributed by atoms with E-state index in [1.807, 2.05) is 29.2 Å². The highest BCUT2D eigenvalue weighted by atomic mass is 16.3.